The third-order valence-electron chi connectivity index (χ3n) is 2.28. The van der Waals surface area contributed by atoms with Crippen LogP contribution in [0.25, 0.3) is 0 Å². The molecule has 0 atom stereocenters. The monoisotopic (exact) mass is 169 g/mol. The highest BCUT2D eigenvalue weighted by Gasteiger charge is 2.33. The third kappa shape index (κ3) is 1.16. The molecular formula is C7H11N3S. The molecule has 0 amide bonds. The lowest BCUT2D eigenvalue weighted by molar-refractivity contribution is 0.459. The highest BCUT2D eigenvalue weighted by atomic mass is 32.1. The summed E-state index contributed by atoms with van der Waals surface area (Å²) in [5.41, 5.74) is 6.00. The first-order chi connectivity index (χ1) is 5.31. The molecule has 1 aromatic heterocycles. The Hall–Kier alpha value is -0.480. The van der Waals surface area contributed by atoms with Crippen LogP contribution in [0.4, 0.5) is 0 Å². The lowest BCUT2D eigenvalue weighted by atomic mass is 10.0. The summed E-state index contributed by atoms with van der Waals surface area (Å²) >= 11 is 1.43. The van der Waals surface area contributed by atoms with Gasteiger partial charge in [0.05, 0.1) is 5.54 Å². The van der Waals surface area contributed by atoms with Gasteiger partial charge in [0.1, 0.15) is 11.3 Å². The van der Waals surface area contributed by atoms with Gasteiger partial charge < -0.3 is 5.73 Å². The second-order valence-corrected chi connectivity index (χ2v) is 3.89. The highest BCUT2D eigenvalue weighted by molar-refractivity contribution is 7.05. The van der Waals surface area contributed by atoms with Crippen LogP contribution in [0.3, 0.4) is 0 Å². The highest BCUT2D eigenvalue weighted by Crippen LogP contribution is 2.36. The zero-order chi connectivity index (χ0) is 7.73. The molecule has 1 saturated carbocycles. The van der Waals surface area contributed by atoms with E-state index in [2.05, 4.69) is 9.36 Å². The quantitative estimate of drug-likeness (QED) is 0.688. The smallest absolute Gasteiger partial charge is 0.133 e. The second-order valence-electron chi connectivity index (χ2n) is 3.11. The number of rotatable bonds is 1. The van der Waals surface area contributed by atoms with Crippen molar-refractivity contribution in [1.29, 1.82) is 0 Å². The number of hydrogen-bond acceptors (Lipinski definition) is 4. The van der Waals surface area contributed by atoms with Gasteiger partial charge in [0.25, 0.3) is 0 Å². The van der Waals surface area contributed by atoms with Gasteiger partial charge in [-0.15, -0.1) is 0 Å². The second kappa shape index (κ2) is 2.53. The Bertz CT molecular complexity index is 226. The molecule has 0 saturated heterocycles. The normalized spacial score (nSPS) is 22.3. The summed E-state index contributed by atoms with van der Waals surface area (Å²) in [5.74, 6) is 0. The Balaban J connectivity index is 2.27. The molecule has 3 nitrogen and oxygen atoms in total. The first kappa shape index (κ1) is 7.18. The van der Waals surface area contributed by atoms with Gasteiger partial charge in [-0.3, -0.25) is 0 Å². The zero-order valence-electron chi connectivity index (χ0n) is 6.29. The molecule has 60 valence electrons. The summed E-state index contributed by atoms with van der Waals surface area (Å²) < 4.78 is 3.96. The largest absolute Gasteiger partial charge is 0.319 e. The van der Waals surface area contributed by atoms with Crippen LogP contribution in [0, 0.1) is 0 Å². The maximum absolute atomic E-state index is 6.13. The minimum atomic E-state index is -0.138. The Labute approximate surface area is 69.8 Å². The molecule has 1 aliphatic carbocycles. The topological polar surface area (TPSA) is 51.8 Å². The van der Waals surface area contributed by atoms with Gasteiger partial charge in [0.15, 0.2) is 0 Å². The van der Waals surface area contributed by atoms with E-state index in [1.165, 1.54) is 24.4 Å². The number of nitrogens with two attached hydrogens (primary N) is 1. The molecule has 2 N–H and O–H groups in total. The van der Waals surface area contributed by atoms with Gasteiger partial charge in [-0.05, 0) is 24.4 Å². The van der Waals surface area contributed by atoms with E-state index >= 15 is 0 Å². The Kier molecular flexibility index (Phi) is 1.65. The fraction of sp³-hybridized carbons (Fsp3) is 0.714. The lowest BCUT2D eigenvalue weighted by Crippen LogP contribution is -2.32. The summed E-state index contributed by atoms with van der Waals surface area (Å²) in [7, 11) is 0. The van der Waals surface area contributed by atoms with E-state index < -0.39 is 0 Å². The van der Waals surface area contributed by atoms with Gasteiger partial charge >= 0.3 is 0 Å². The van der Waals surface area contributed by atoms with Crippen LogP contribution < -0.4 is 5.73 Å². The summed E-state index contributed by atoms with van der Waals surface area (Å²) in [6.45, 7) is 0. The van der Waals surface area contributed by atoms with Crippen LogP contribution in [0.15, 0.2) is 6.33 Å². The van der Waals surface area contributed by atoms with Crippen LogP contribution in [0.1, 0.15) is 30.7 Å². The SMILES string of the molecule is NC1(c2ncns2)CCCC1. The fourth-order valence-corrected chi connectivity index (χ4v) is 2.29. The first-order valence-electron chi connectivity index (χ1n) is 3.87. The average molecular weight is 169 g/mol. The van der Waals surface area contributed by atoms with Gasteiger partial charge in [-0.25, -0.2) is 4.98 Å². The van der Waals surface area contributed by atoms with Crippen LogP contribution >= 0.6 is 11.5 Å². The van der Waals surface area contributed by atoms with Crippen molar-refractivity contribution < 1.29 is 0 Å². The number of hydrogen-bond donors (Lipinski definition) is 1. The fourth-order valence-electron chi connectivity index (χ4n) is 1.61. The van der Waals surface area contributed by atoms with E-state index in [9.17, 15) is 0 Å². The van der Waals surface area contributed by atoms with E-state index in [0.717, 1.165) is 17.8 Å². The molecule has 0 aromatic carbocycles. The maximum Gasteiger partial charge on any atom is 0.133 e. The van der Waals surface area contributed by atoms with Crippen molar-refractivity contribution in [3.05, 3.63) is 11.3 Å². The van der Waals surface area contributed by atoms with Crippen LogP contribution in [-0.2, 0) is 5.54 Å². The van der Waals surface area contributed by atoms with E-state index in [4.69, 9.17) is 5.73 Å². The molecule has 0 spiro atoms. The predicted molar refractivity (Wildman–Crippen MR) is 44.2 cm³/mol. The first-order valence-corrected chi connectivity index (χ1v) is 4.65. The maximum atomic E-state index is 6.13. The molecule has 1 aromatic rings. The molecule has 2 rings (SSSR count). The minimum absolute atomic E-state index is 0.138. The Morgan fingerprint density at radius 3 is 2.73 bits per heavy atom. The van der Waals surface area contributed by atoms with Crippen LogP contribution in [-0.4, -0.2) is 9.36 Å². The Morgan fingerprint density at radius 2 is 2.18 bits per heavy atom. The average Bonchev–Trinajstić information content (AvgIpc) is 2.55. The van der Waals surface area contributed by atoms with Crippen molar-refractivity contribution in [3.8, 4) is 0 Å². The summed E-state index contributed by atoms with van der Waals surface area (Å²) in [4.78, 5) is 4.15. The van der Waals surface area contributed by atoms with E-state index in [0.29, 0.717) is 0 Å². The van der Waals surface area contributed by atoms with Crippen LogP contribution in [0.2, 0.25) is 0 Å². The number of nitrogens with zero attached hydrogens (tertiary/aromatic N) is 2. The van der Waals surface area contributed by atoms with Crippen molar-refractivity contribution >= 4 is 11.5 Å². The summed E-state index contributed by atoms with van der Waals surface area (Å²) in [6.07, 6.45) is 6.20. The molecule has 1 fully saturated rings. The van der Waals surface area contributed by atoms with E-state index in [-0.39, 0.29) is 5.54 Å². The van der Waals surface area contributed by atoms with Gasteiger partial charge in [-0.1, -0.05) is 12.8 Å². The van der Waals surface area contributed by atoms with E-state index in [1.54, 1.807) is 6.33 Å². The van der Waals surface area contributed by atoms with Crippen molar-refractivity contribution in [3.63, 3.8) is 0 Å². The number of aromatic nitrogens is 2. The standard InChI is InChI=1S/C7H11N3S/c8-7(3-1-2-4-7)6-9-5-10-11-6/h5H,1-4,8H2. The molecule has 1 aliphatic rings. The minimum Gasteiger partial charge on any atom is -0.319 e. The zero-order valence-corrected chi connectivity index (χ0v) is 7.10. The molecule has 1 heterocycles. The van der Waals surface area contributed by atoms with Gasteiger partial charge in [0, 0.05) is 0 Å². The molecule has 4 heteroatoms. The van der Waals surface area contributed by atoms with Gasteiger partial charge in [-0.2, -0.15) is 4.37 Å². The van der Waals surface area contributed by atoms with Crippen LogP contribution in [0.5, 0.6) is 0 Å². The van der Waals surface area contributed by atoms with Crippen molar-refractivity contribution in [2.45, 2.75) is 31.2 Å². The van der Waals surface area contributed by atoms with Crippen molar-refractivity contribution in [2.24, 2.45) is 5.73 Å². The van der Waals surface area contributed by atoms with Gasteiger partial charge in [0.2, 0.25) is 0 Å². The third-order valence-corrected chi connectivity index (χ3v) is 3.17. The summed E-state index contributed by atoms with van der Waals surface area (Å²) in [6, 6.07) is 0. The molecular weight excluding hydrogens is 158 g/mol. The predicted octanol–water partition coefficient (Wildman–Crippen LogP) is 1.27. The van der Waals surface area contributed by atoms with Crippen molar-refractivity contribution in [2.75, 3.05) is 0 Å². The Morgan fingerprint density at radius 1 is 1.45 bits per heavy atom. The molecule has 0 unspecified atom stereocenters. The van der Waals surface area contributed by atoms with Crippen molar-refractivity contribution in [1.82, 2.24) is 9.36 Å². The molecule has 0 radical (unpaired) electrons. The van der Waals surface area contributed by atoms with E-state index in [1.807, 2.05) is 0 Å². The molecule has 0 aliphatic heterocycles. The lowest BCUT2D eigenvalue weighted by Gasteiger charge is -2.18. The summed E-state index contributed by atoms with van der Waals surface area (Å²) in [5, 5.41) is 1.01. The molecule has 0 bridgehead atoms. The molecule has 11 heavy (non-hydrogen) atoms.